The molecule has 0 N–H and O–H groups in total. The van der Waals surface area contributed by atoms with Crippen LogP contribution in [0.2, 0.25) is 0 Å². The van der Waals surface area contributed by atoms with E-state index in [0.29, 0.717) is 0 Å². The summed E-state index contributed by atoms with van der Waals surface area (Å²) in [5.74, 6) is -2.22. The average molecular weight is 198 g/mol. The molecule has 0 nitrogen and oxygen atoms in total. The Morgan fingerprint density at radius 3 is 2.15 bits per heavy atom. The van der Waals surface area contributed by atoms with Crippen LogP contribution in [0.1, 0.15) is 6.42 Å². The molecule has 0 aromatic carbocycles. The van der Waals surface area contributed by atoms with E-state index < -0.39 is 29.9 Å². The lowest BCUT2D eigenvalue weighted by Gasteiger charge is -2.31. The van der Waals surface area contributed by atoms with Crippen LogP contribution in [0, 0.1) is 11.8 Å². The molecule has 5 heteroatoms. The van der Waals surface area contributed by atoms with Gasteiger partial charge in [0.2, 0.25) is 5.67 Å². The van der Waals surface area contributed by atoms with Gasteiger partial charge in [-0.05, 0) is 6.42 Å². The predicted molar refractivity (Wildman–Crippen MR) is 35.5 cm³/mol. The number of fused-ring (bicyclic) bond motifs is 2. The number of rotatable bonds is 0. The van der Waals surface area contributed by atoms with Gasteiger partial charge in [-0.3, -0.25) is 0 Å². The molecule has 2 aliphatic carbocycles. The van der Waals surface area contributed by atoms with Crippen LogP contribution >= 0.6 is 0 Å². The highest BCUT2D eigenvalue weighted by atomic mass is 19.4. The predicted octanol–water partition coefficient (Wildman–Crippen LogP) is 2.80. The summed E-state index contributed by atoms with van der Waals surface area (Å²) in [5.41, 5.74) is -3.65. The molecule has 0 aromatic rings. The number of allylic oxidation sites excluding steroid dienone is 2. The first-order valence-corrected chi connectivity index (χ1v) is 3.95. The SMILES string of the molecule is FC1C2C=CC(C2)C1(F)C(F)(F)F. The lowest BCUT2D eigenvalue weighted by atomic mass is 9.88. The maximum Gasteiger partial charge on any atom is 0.426 e. The Morgan fingerprint density at radius 1 is 1.23 bits per heavy atom. The Hall–Kier alpha value is -0.610. The van der Waals surface area contributed by atoms with Crippen molar-refractivity contribution in [2.24, 2.45) is 11.8 Å². The summed E-state index contributed by atoms with van der Waals surface area (Å²) in [6.07, 6.45) is -5.12. The fraction of sp³-hybridized carbons (Fsp3) is 0.750. The largest absolute Gasteiger partial charge is 0.426 e. The number of alkyl halides is 5. The van der Waals surface area contributed by atoms with Gasteiger partial charge in [-0.1, -0.05) is 12.2 Å². The standard InChI is InChI=1S/C8H7F5/c9-6-4-1-2-5(3-4)7(6,10)8(11,12)13/h1-2,4-6H,3H2. The zero-order valence-electron chi connectivity index (χ0n) is 6.48. The number of halogens is 5. The van der Waals surface area contributed by atoms with Gasteiger partial charge in [-0.25, -0.2) is 8.78 Å². The fourth-order valence-electron chi connectivity index (χ4n) is 2.14. The highest BCUT2D eigenvalue weighted by Crippen LogP contribution is 2.57. The highest BCUT2D eigenvalue weighted by molar-refractivity contribution is 5.23. The van der Waals surface area contributed by atoms with Gasteiger partial charge in [-0.2, -0.15) is 13.2 Å². The molecule has 0 radical (unpaired) electrons. The number of hydrogen-bond acceptors (Lipinski definition) is 0. The van der Waals surface area contributed by atoms with E-state index in [2.05, 4.69) is 0 Å². The molecular weight excluding hydrogens is 191 g/mol. The second-order valence-electron chi connectivity index (χ2n) is 3.56. The summed E-state index contributed by atoms with van der Waals surface area (Å²) < 4.78 is 63.0. The second kappa shape index (κ2) is 2.25. The molecule has 4 unspecified atom stereocenters. The Balaban J connectivity index is 2.39. The van der Waals surface area contributed by atoms with Crippen molar-refractivity contribution in [3.63, 3.8) is 0 Å². The molecule has 2 rings (SSSR count). The minimum Gasteiger partial charge on any atom is -0.243 e. The van der Waals surface area contributed by atoms with E-state index in [9.17, 15) is 22.0 Å². The monoisotopic (exact) mass is 198 g/mol. The fourth-order valence-corrected chi connectivity index (χ4v) is 2.14. The van der Waals surface area contributed by atoms with Gasteiger partial charge >= 0.3 is 6.18 Å². The van der Waals surface area contributed by atoms with E-state index in [1.54, 1.807) is 0 Å². The normalized spacial score (nSPS) is 48.8. The summed E-state index contributed by atoms with van der Waals surface area (Å²) in [6, 6.07) is 0. The molecule has 0 amide bonds. The van der Waals surface area contributed by atoms with Crippen LogP contribution in [0.25, 0.3) is 0 Å². The van der Waals surface area contributed by atoms with Crippen molar-refractivity contribution < 1.29 is 22.0 Å². The minimum absolute atomic E-state index is 0.0584. The Bertz CT molecular complexity index is 256. The maximum atomic E-state index is 13.4. The van der Waals surface area contributed by atoms with Gasteiger partial charge in [0.15, 0.2) is 0 Å². The summed E-state index contributed by atoms with van der Waals surface area (Å²) in [5, 5.41) is 0. The van der Waals surface area contributed by atoms with Crippen LogP contribution in [0.15, 0.2) is 12.2 Å². The van der Waals surface area contributed by atoms with Crippen molar-refractivity contribution in [1.29, 1.82) is 0 Å². The Kier molecular flexibility index (Phi) is 1.55. The molecule has 1 saturated carbocycles. The van der Waals surface area contributed by atoms with E-state index in [1.807, 2.05) is 0 Å². The first kappa shape index (κ1) is 8.97. The van der Waals surface area contributed by atoms with E-state index >= 15 is 0 Å². The van der Waals surface area contributed by atoms with Gasteiger partial charge in [0.05, 0.1) is 0 Å². The van der Waals surface area contributed by atoms with Crippen LogP contribution in [0.3, 0.4) is 0 Å². The van der Waals surface area contributed by atoms with E-state index in [1.165, 1.54) is 6.08 Å². The zero-order valence-corrected chi connectivity index (χ0v) is 6.48. The van der Waals surface area contributed by atoms with Crippen LogP contribution < -0.4 is 0 Å². The first-order valence-electron chi connectivity index (χ1n) is 3.95. The Morgan fingerprint density at radius 2 is 1.85 bits per heavy atom. The first-order chi connectivity index (χ1) is 5.87. The van der Waals surface area contributed by atoms with Crippen molar-refractivity contribution in [3.05, 3.63) is 12.2 Å². The molecular formula is C8H7F5. The average Bonchev–Trinajstić information content (AvgIpc) is 2.53. The third-order valence-corrected chi connectivity index (χ3v) is 2.87. The molecule has 0 aliphatic heterocycles. The van der Waals surface area contributed by atoms with Crippen molar-refractivity contribution in [3.8, 4) is 0 Å². The summed E-state index contributed by atoms with van der Waals surface area (Å²) in [7, 11) is 0. The molecule has 1 fully saturated rings. The molecule has 13 heavy (non-hydrogen) atoms. The number of hydrogen-bond donors (Lipinski definition) is 0. The topological polar surface area (TPSA) is 0 Å². The molecule has 74 valence electrons. The van der Waals surface area contributed by atoms with Gasteiger partial charge in [0.1, 0.15) is 6.17 Å². The Labute approximate surface area is 71.4 Å². The van der Waals surface area contributed by atoms with Crippen LogP contribution in [0.5, 0.6) is 0 Å². The van der Waals surface area contributed by atoms with Gasteiger partial charge in [-0.15, -0.1) is 0 Å². The van der Waals surface area contributed by atoms with Gasteiger partial charge < -0.3 is 0 Å². The summed E-state index contributed by atoms with van der Waals surface area (Å²) in [6.45, 7) is 0. The van der Waals surface area contributed by atoms with Crippen molar-refractivity contribution in [2.45, 2.75) is 24.4 Å². The van der Waals surface area contributed by atoms with Crippen molar-refractivity contribution in [1.82, 2.24) is 0 Å². The third-order valence-electron chi connectivity index (χ3n) is 2.87. The summed E-state index contributed by atoms with van der Waals surface area (Å²) >= 11 is 0. The molecule has 2 aliphatic rings. The maximum absolute atomic E-state index is 13.4. The molecule has 4 atom stereocenters. The lowest BCUT2D eigenvalue weighted by molar-refractivity contribution is -0.255. The smallest absolute Gasteiger partial charge is 0.243 e. The van der Waals surface area contributed by atoms with Gasteiger partial charge in [0.25, 0.3) is 0 Å². The quantitative estimate of drug-likeness (QED) is 0.414. The minimum atomic E-state index is -5.10. The second-order valence-corrected chi connectivity index (χ2v) is 3.56. The van der Waals surface area contributed by atoms with Crippen LogP contribution in [-0.2, 0) is 0 Å². The van der Waals surface area contributed by atoms with E-state index in [4.69, 9.17) is 0 Å². The zero-order chi connectivity index (χ0) is 9.85. The molecule has 0 heterocycles. The lowest BCUT2D eigenvalue weighted by Crippen LogP contribution is -2.51. The highest BCUT2D eigenvalue weighted by Gasteiger charge is 2.71. The van der Waals surface area contributed by atoms with Crippen molar-refractivity contribution in [2.75, 3.05) is 0 Å². The van der Waals surface area contributed by atoms with Crippen molar-refractivity contribution >= 4 is 0 Å². The van der Waals surface area contributed by atoms with E-state index in [0.717, 1.165) is 6.08 Å². The third kappa shape index (κ3) is 0.901. The van der Waals surface area contributed by atoms with E-state index in [-0.39, 0.29) is 6.42 Å². The molecule has 0 spiro atoms. The van der Waals surface area contributed by atoms with Gasteiger partial charge in [0, 0.05) is 11.8 Å². The molecule has 2 bridgehead atoms. The van der Waals surface area contributed by atoms with Crippen LogP contribution in [0.4, 0.5) is 22.0 Å². The molecule has 0 aromatic heterocycles. The molecule has 0 saturated heterocycles. The summed E-state index contributed by atoms with van der Waals surface area (Å²) in [4.78, 5) is 0. The van der Waals surface area contributed by atoms with Crippen LogP contribution in [-0.4, -0.2) is 18.0 Å².